The maximum Gasteiger partial charge on any atom is 0.243 e. The third-order valence-electron chi connectivity index (χ3n) is 5.35. The van der Waals surface area contributed by atoms with Gasteiger partial charge in [-0.15, -0.1) is 0 Å². The fourth-order valence-corrected chi connectivity index (χ4v) is 3.90. The molecule has 31 heavy (non-hydrogen) atoms. The fourth-order valence-electron chi connectivity index (χ4n) is 3.64. The van der Waals surface area contributed by atoms with Crippen molar-refractivity contribution in [3.05, 3.63) is 52.0 Å². The molecule has 0 aromatic heterocycles. The Hall–Kier alpha value is -2.58. The van der Waals surface area contributed by atoms with Gasteiger partial charge < -0.3 is 14.2 Å². The van der Waals surface area contributed by atoms with Gasteiger partial charge in [-0.1, -0.05) is 28.1 Å². The number of carbonyl (C=O) groups excluding carboxylic acids is 1. The first kappa shape index (κ1) is 23.1. The van der Waals surface area contributed by atoms with Crippen LogP contribution in [0.25, 0.3) is 0 Å². The number of ether oxygens (including phenoxy) is 3. The highest BCUT2D eigenvalue weighted by molar-refractivity contribution is 9.10. The van der Waals surface area contributed by atoms with Crippen LogP contribution in [0.3, 0.4) is 0 Å². The molecule has 1 fully saturated rings. The van der Waals surface area contributed by atoms with Crippen LogP contribution in [-0.4, -0.2) is 51.4 Å². The highest BCUT2D eigenvalue weighted by Crippen LogP contribution is 2.37. The summed E-state index contributed by atoms with van der Waals surface area (Å²) in [4.78, 5) is 14.9. The van der Waals surface area contributed by atoms with E-state index >= 15 is 0 Å². The normalized spacial score (nSPS) is 15.1. The average molecular weight is 490 g/mol. The number of carbonyl (C=O) groups is 1. The number of hydrazone groups is 1. The van der Waals surface area contributed by atoms with E-state index in [0.29, 0.717) is 17.2 Å². The first-order chi connectivity index (χ1) is 15.0. The molecule has 0 bridgehead atoms. The van der Waals surface area contributed by atoms with Crippen molar-refractivity contribution in [2.75, 3.05) is 34.4 Å². The Kier molecular flexibility index (Phi) is 8.31. The lowest BCUT2D eigenvalue weighted by Gasteiger charge is -2.30. The van der Waals surface area contributed by atoms with E-state index in [2.05, 4.69) is 55.6 Å². The number of hydrogen-bond donors (Lipinski definition) is 1. The molecule has 0 unspecified atom stereocenters. The molecule has 0 saturated carbocycles. The predicted molar refractivity (Wildman–Crippen MR) is 124 cm³/mol. The van der Waals surface area contributed by atoms with Crippen molar-refractivity contribution >= 4 is 28.1 Å². The molecule has 1 saturated heterocycles. The summed E-state index contributed by atoms with van der Waals surface area (Å²) in [7, 11) is 4.67. The summed E-state index contributed by atoms with van der Waals surface area (Å²) in [5, 5.41) is 4.12. The number of benzene rings is 2. The van der Waals surface area contributed by atoms with E-state index in [-0.39, 0.29) is 11.8 Å². The number of amides is 1. The van der Waals surface area contributed by atoms with E-state index in [1.807, 2.05) is 0 Å². The van der Waals surface area contributed by atoms with Crippen molar-refractivity contribution in [2.45, 2.75) is 19.4 Å². The summed E-state index contributed by atoms with van der Waals surface area (Å²) in [6, 6.07) is 11.9. The molecule has 1 amide bonds. The summed E-state index contributed by atoms with van der Waals surface area (Å²) in [5.74, 6) is 1.51. The SMILES string of the molecule is COc1cc(/C=N\NC(=O)C2CCN(Cc3ccc(Br)cc3)CC2)cc(OC)c1OC. The van der Waals surface area contributed by atoms with E-state index in [9.17, 15) is 4.79 Å². The van der Waals surface area contributed by atoms with E-state index in [0.717, 1.165) is 42.5 Å². The molecular weight excluding hydrogens is 462 g/mol. The lowest BCUT2D eigenvalue weighted by molar-refractivity contribution is -0.126. The third kappa shape index (κ3) is 6.21. The van der Waals surface area contributed by atoms with Gasteiger partial charge in [-0.05, 0) is 55.8 Å². The van der Waals surface area contributed by atoms with Crippen LogP contribution in [0.5, 0.6) is 17.2 Å². The Morgan fingerprint density at radius 1 is 1.10 bits per heavy atom. The molecule has 8 heteroatoms. The number of methoxy groups -OCH3 is 3. The molecule has 0 atom stereocenters. The zero-order chi connectivity index (χ0) is 22.2. The summed E-state index contributed by atoms with van der Waals surface area (Å²) in [5.41, 5.74) is 4.68. The molecule has 0 spiro atoms. The van der Waals surface area contributed by atoms with Gasteiger partial charge in [0, 0.05) is 22.5 Å². The number of hydrogen-bond acceptors (Lipinski definition) is 6. The molecule has 2 aromatic carbocycles. The van der Waals surface area contributed by atoms with Crippen molar-refractivity contribution in [1.82, 2.24) is 10.3 Å². The first-order valence-corrected chi connectivity index (χ1v) is 10.9. The largest absolute Gasteiger partial charge is 0.493 e. The minimum atomic E-state index is -0.0491. The van der Waals surface area contributed by atoms with E-state index in [4.69, 9.17) is 14.2 Å². The lowest BCUT2D eigenvalue weighted by atomic mass is 9.96. The topological polar surface area (TPSA) is 72.4 Å². The minimum Gasteiger partial charge on any atom is -0.493 e. The summed E-state index contributed by atoms with van der Waals surface area (Å²) >= 11 is 3.46. The standard InChI is InChI=1S/C23H28BrN3O4/c1-29-20-12-17(13-21(30-2)22(20)31-3)14-25-26-23(28)18-8-10-27(11-9-18)15-16-4-6-19(24)7-5-16/h4-7,12-14,18H,8-11,15H2,1-3H3,(H,26,28)/b25-14-. The van der Waals surface area contributed by atoms with Crippen LogP contribution in [0.15, 0.2) is 46.0 Å². The van der Waals surface area contributed by atoms with Gasteiger partial charge in [0.05, 0.1) is 27.5 Å². The van der Waals surface area contributed by atoms with Crippen molar-refractivity contribution in [3.63, 3.8) is 0 Å². The van der Waals surface area contributed by atoms with Gasteiger partial charge in [-0.2, -0.15) is 5.10 Å². The second-order valence-corrected chi connectivity index (χ2v) is 8.29. The number of rotatable bonds is 8. The molecule has 7 nitrogen and oxygen atoms in total. The van der Waals surface area contributed by atoms with E-state index in [1.165, 1.54) is 5.56 Å². The van der Waals surface area contributed by atoms with Crippen LogP contribution in [0.1, 0.15) is 24.0 Å². The van der Waals surface area contributed by atoms with E-state index < -0.39 is 0 Å². The maximum atomic E-state index is 12.5. The molecule has 166 valence electrons. The average Bonchev–Trinajstić information content (AvgIpc) is 2.80. The van der Waals surface area contributed by atoms with Crippen LogP contribution in [0, 0.1) is 5.92 Å². The summed E-state index contributed by atoms with van der Waals surface area (Å²) < 4.78 is 17.1. The zero-order valence-corrected chi connectivity index (χ0v) is 19.6. The first-order valence-electron chi connectivity index (χ1n) is 10.1. The number of halogens is 1. The Balaban J connectivity index is 1.51. The van der Waals surface area contributed by atoms with E-state index in [1.54, 1.807) is 39.7 Å². The van der Waals surface area contributed by atoms with Gasteiger partial charge in [-0.3, -0.25) is 9.69 Å². The summed E-state index contributed by atoms with van der Waals surface area (Å²) in [6.45, 7) is 2.69. The molecule has 1 aliphatic heterocycles. The van der Waals surface area contributed by atoms with Crippen LogP contribution >= 0.6 is 15.9 Å². The van der Waals surface area contributed by atoms with Crippen molar-refractivity contribution in [3.8, 4) is 17.2 Å². The number of nitrogens with one attached hydrogen (secondary N) is 1. The van der Waals surface area contributed by atoms with Crippen LogP contribution in [-0.2, 0) is 11.3 Å². The van der Waals surface area contributed by atoms with Crippen molar-refractivity contribution < 1.29 is 19.0 Å². The molecule has 2 aromatic rings. The highest BCUT2D eigenvalue weighted by atomic mass is 79.9. The van der Waals surface area contributed by atoms with Gasteiger partial charge in [0.2, 0.25) is 11.7 Å². The third-order valence-corrected chi connectivity index (χ3v) is 5.88. The van der Waals surface area contributed by atoms with Gasteiger partial charge in [0.1, 0.15) is 0 Å². The quantitative estimate of drug-likeness (QED) is 0.450. The van der Waals surface area contributed by atoms with Crippen LogP contribution in [0.2, 0.25) is 0 Å². The lowest BCUT2D eigenvalue weighted by Crippen LogP contribution is -2.39. The second kappa shape index (κ2) is 11.2. The molecule has 3 rings (SSSR count). The molecule has 1 heterocycles. The Labute approximate surface area is 191 Å². The summed E-state index contributed by atoms with van der Waals surface area (Å²) in [6.07, 6.45) is 3.22. The highest BCUT2D eigenvalue weighted by Gasteiger charge is 2.24. The minimum absolute atomic E-state index is 0.0294. The Morgan fingerprint density at radius 2 is 1.71 bits per heavy atom. The molecule has 0 aliphatic carbocycles. The van der Waals surface area contributed by atoms with Gasteiger partial charge in [0.25, 0.3) is 0 Å². The monoisotopic (exact) mass is 489 g/mol. The van der Waals surface area contributed by atoms with Crippen molar-refractivity contribution in [1.29, 1.82) is 0 Å². The van der Waals surface area contributed by atoms with Gasteiger partial charge >= 0.3 is 0 Å². The van der Waals surface area contributed by atoms with Gasteiger partial charge in [0.15, 0.2) is 11.5 Å². The number of piperidine rings is 1. The molecule has 0 radical (unpaired) electrons. The molecule has 1 aliphatic rings. The smallest absolute Gasteiger partial charge is 0.243 e. The molecular formula is C23H28BrN3O4. The van der Waals surface area contributed by atoms with Crippen LogP contribution < -0.4 is 19.6 Å². The Bertz CT molecular complexity index is 885. The maximum absolute atomic E-state index is 12.5. The number of likely N-dealkylation sites (tertiary alicyclic amines) is 1. The van der Waals surface area contributed by atoms with Gasteiger partial charge in [-0.25, -0.2) is 5.43 Å². The second-order valence-electron chi connectivity index (χ2n) is 7.37. The Morgan fingerprint density at radius 3 is 2.26 bits per heavy atom. The zero-order valence-electron chi connectivity index (χ0n) is 18.1. The van der Waals surface area contributed by atoms with Crippen molar-refractivity contribution in [2.24, 2.45) is 11.0 Å². The molecule has 1 N–H and O–H groups in total. The van der Waals surface area contributed by atoms with Crippen LogP contribution in [0.4, 0.5) is 0 Å². The fraction of sp³-hybridized carbons (Fsp3) is 0.391. The predicted octanol–water partition coefficient (Wildman–Crippen LogP) is 3.84. The number of nitrogens with zero attached hydrogens (tertiary/aromatic N) is 2.